The lowest BCUT2D eigenvalue weighted by atomic mass is 10.3. The predicted molar refractivity (Wildman–Crippen MR) is 67.4 cm³/mol. The standard InChI is InChI=1S/C12H15ClN4/c13-10-4-3-8-17-11(14-15-12(10)17)5-9-16-6-1-2-7-16/h3-4,8H,1-2,5-7,9H2. The summed E-state index contributed by atoms with van der Waals surface area (Å²) in [7, 11) is 0. The molecule has 4 nitrogen and oxygen atoms in total. The molecule has 0 saturated carbocycles. The van der Waals surface area contributed by atoms with Crippen molar-refractivity contribution in [2.45, 2.75) is 19.3 Å². The van der Waals surface area contributed by atoms with E-state index in [1.54, 1.807) is 0 Å². The van der Waals surface area contributed by atoms with E-state index in [9.17, 15) is 0 Å². The molecule has 5 heteroatoms. The van der Waals surface area contributed by atoms with E-state index in [4.69, 9.17) is 11.6 Å². The van der Waals surface area contributed by atoms with E-state index in [1.807, 2.05) is 22.7 Å². The van der Waals surface area contributed by atoms with Gasteiger partial charge in [0.05, 0.1) is 5.02 Å². The second kappa shape index (κ2) is 4.63. The van der Waals surface area contributed by atoms with E-state index in [0.29, 0.717) is 5.02 Å². The van der Waals surface area contributed by atoms with Crippen LogP contribution in [-0.2, 0) is 6.42 Å². The Morgan fingerprint density at radius 2 is 2.06 bits per heavy atom. The topological polar surface area (TPSA) is 33.4 Å². The average Bonchev–Trinajstić information content (AvgIpc) is 2.95. The fourth-order valence-corrected chi connectivity index (χ4v) is 2.57. The Hall–Kier alpha value is -1.13. The van der Waals surface area contributed by atoms with Gasteiger partial charge in [-0.2, -0.15) is 0 Å². The number of rotatable bonds is 3. The summed E-state index contributed by atoms with van der Waals surface area (Å²) in [6.45, 7) is 3.50. The van der Waals surface area contributed by atoms with Crippen LogP contribution in [0.5, 0.6) is 0 Å². The van der Waals surface area contributed by atoms with Crippen LogP contribution in [0, 0.1) is 0 Å². The van der Waals surface area contributed by atoms with Gasteiger partial charge in [0.25, 0.3) is 0 Å². The zero-order valence-corrected chi connectivity index (χ0v) is 10.4. The summed E-state index contributed by atoms with van der Waals surface area (Å²) in [5.74, 6) is 0.995. The van der Waals surface area contributed by atoms with E-state index in [1.165, 1.54) is 25.9 Å². The minimum absolute atomic E-state index is 0.660. The minimum atomic E-state index is 0.660. The fourth-order valence-electron chi connectivity index (χ4n) is 2.37. The molecule has 2 aromatic rings. The molecule has 0 aliphatic carbocycles. The molecule has 0 bridgehead atoms. The first-order valence-corrected chi connectivity index (χ1v) is 6.43. The molecule has 1 saturated heterocycles. The van der Waals surface area contributed by atoms with Gasteiger partial charge in [-0.3, -0.25) is 4.40 Å². The average molecular weight is 251 g/mol. The molecule has 90 valence electrons. The van der Waals surface area contributed by atoms with Crippen molar-refractivity contribution in [3.8, 4) is 0 Å². The summed E-state index contributed by atoms with van der Waals surface area (Å²) in [5.41, 5.74) is 0.755. The molecule has 1 aliphatic rings. The van der Waals surface area contributed by atoms with Crippen LogP contribution in [0.3, 0.4) is 0 Å². The predicted octanol–water partition coefficient (Wildman–Crippen LogP) is 2.02. The molecule has 0 N–H and O–H groups in total. The monoisotopic (exact) mass is 250 g/mol. The smallest absolute Gasteiger partial charge is 0.179 e. The highest BCUT2D eigenvalue weighted by Gasteiger charge is 2.13. The van der Waals surface area contributed by atoms with Gasteiger partial charge in [0.1, 0.15) is 5.82 Å². The fraction of sp³-hybridized carbons (Fsp3) is 0.500. The van der Waals surface area contributed by atoms with Crippen molar-refractivity contribution in [1.82, 2.24) is 19.5 Å². The van der Waals surface area contributed by atoms with Crippen molar-refractivity contribution < 1.29 is 0 Å². The highest BCUT2D eigenvalue weighted by atomic mass is 35.5. The lowest BCUT2D eigenvalue weighted by molar-refractivity contribution is 0.340. The van der Waals surface area contributed by atoms with Crippen LogP contribution in [0.1, 0.15) is 18.7 Å². The molecule has 0 spiro atoms. The minimum Gasteiger partial charge on any atom is -0.303 e. The molecule has 0 aromatic carbocycles. The summed E-state index contributed by atoms with van der Waals surface area (Å²) in [5, 5.41) is 9.00. The van der Waals surface area contributed by atoms with Crippen molar-refractivity contribution in [2.75, 3.05) is 19.6 Å². The van der Waals surface area contributed by atoms with Crippen LogP contribution in [0.25, 0.3) is 5.65 Å². The summed E-state index contributed by atoms with van der Waals surface area (Å²) < 4.78 is 1.98. The molecule has 0 radical (unpaired) electrons. The molecule has 2 aromatic heterocycles. The SMILES string of the molecule is Clc1cccn2c(CCN3CCCC3)nnc12. The molecule has 0 amide bonds. The highest BCUT2D eigenvalue weighted by molar-refractivity contribution is 6.33. The Morgan fingerprint density at radius 1 is 1.24 bits per heavy atom. The third-order valence-electron chi connectivity index (χ3n) is 3.31. The number of halogens is 1. The Morgan fingerprint density at radius 3 is 2.88 bits per heavy atom. The summed E-state index contributed by atoms with van der Waals surface area (Å²) in [4.78, 5) is 2.48. The molecule has 3 heterocycles. The maximum absolute atomic E-state index is 6.06. The lowest BCUT2D eigenvalue weighted by Gasteiger charge is -2.13. The Labute approximate surface area is 105 Å². The van der Waals surface area contributed by atoms with Gasteiger partial charge in [0.15, 0.2) is 5.65 Å². The molecule has 0 unspecified atom stereocenters. The number of fused-ring (bicyclic) bond motifs is 1. The number of pyridine rings is 1. The van der Waals surface area contributed by atoms with Gasteiger partial charge in [0.2, 0.25) is 0 Å². The third-order valence-corrected chi connectivity index (χ3v) is 3.60. The van der Waals surface area contributed by atoms with Gasteiger partial charge in [-0.25, -0.2) is 0 Å². The van der Waals surface area contributed by atoms with E-state index >= 15 is 0 Å². The number of nitrogens with zero attached hydrogens (tertiary/aromatic N) is 4. The second-order valence-electron chi connectivity index (χ2n) is 4.46. The van der Waals surface area contributed by atoms with Crippen LogP contribution in [0.15, 0.2) is 18.3 Å². The Bertz CT molecular complexity index is 516. The van der Waals surface area contributed by atoms with Crippen molar-refractivity contribution in [3.63, 3.8) is 0 Å². The van der Waals surface area contributed by atoms with E-state index in [-0.39, 0.29) is 0 Å². The second-order valence-corrected chi connectivity index (χ2v) is 4.87. The van der Waals surface area contributed by atoms with Gasteiger partial charge < -0.3 is 4.90 Å². The van der Waals surface area contributed by atoms with Gasteiger partial charge in [-0.15, -0.1) is 10.2 Å². The van der Waals surface area contributed by atoms with E-state index in [0.717, 1.165) is 24.4 Å². The maximum Gasteiger partial charge on any atom is 0.179 e. The van der Waals surface area contributed by atoms with Crippen molar-refractivity contribution in [2.24, 2.45) is 0 Å². The van der Waals surface area contributed by atoms with Gasteiger partial charge >= 0.3 is 0 Å². The van der Waals surface area contributed by atoms with Crippen LogP contribution in [0.2, 0.25) is 5.02 Å². The van der Waals surface area contributed by atoms with Crippen molar-refractivity contribution in [3.05, 3.63) is 29.2 Å². The third kappa shape index (κ3) is 2.15. The summed E-state index contributed by atoms with van der Waals surface area (Å²) in [6, 6.07) is 3.77. The zero-order valence-electron chi connectivity index (χ0n) is 9.64. The first kappa shape index (κ1) is 11.0. The zero-order chi connectivity index (χ0) is 11.7. The largest absolute Gasteiger partial charge is 0.303 e. The van der Waals surface area contributed by atoms with Gasteiger partial charge in [-0.05, 0) is 38.1 Å². The summed E-state index contributed by atoms with van der Waals surface area (Å²) in [6.07, 6.45) is 5.56. The maximum atomic E-state index is 6.06. The van der Waals surface area contributed by atoms with Gasteiger partial charge in [-0.1, -0.05) is 11.6 Å². The molecule has 0 atom stereocenters. The van der Waals surface area contributed by atoms with Crippen molar-refractivity contribution >= 4 is 17.2 Å². The van der Waals surface area contributed by atoms with Crippen LogP contribution < -0.4 is 0 Å². The molecule has 17 heavy (non-hydrogen) atoms. The first-order chi connectivity index (χ1) is 8.34. The molecular weight excluding hydrogens is 236 g/mol. The summed E-state index contributed by atoms with van der Waals surface area (Å²) >= 11 is 6.06. The van der Waals surface area contributed by atoms with Crippen LogP contribution in [0.4, 0.5) is 0 Å². The number of likely N-dealkylation sites (tertiary alicyclic amines) is 1. The molecule has 1 fully saturated rings. The lowest BCUT2D eigenvalue weighted by Crippen LogP contribution is -2.22. The molecule has 3 rings (SSSR count). The van der Waals surface area contributed by atoms with Crippen LogP contribution in [-0.4, -0.2) is 39.1 Å². The quantitative estimate of drug-likeness (QED) is 0.836. The number of hydrogen-bond donors (Lipinski definition) is 0. The number of aromatic nitrogens is 3. The van der Waals surface area contributed by atoms with E-state index in [2.05, 4.69) is 15.1 Å². The van der Waals surface area contributed by atoms with Crippen LogP contribution >= 0.6 is 11.6 Å². The Balaban J connectivity index is 1.78. The van der Waals surface area contributed by atoms with Crippen molar-refractivity contribution in [1.29, 1.82) is 0 Å². The normalized spacial score (nSPS) is 17.0. The molecular formula is C12H15ClN4. The van der Waals surface area contributed by atoms with Gasteiger partial charge in [0, 0.05) is 19.2 Å². The Kier molecular flexibility index (Phi) is 2.99. The molecule has 1 aliphatic heterocycles. The van der Waals surface area contributed by atoms with E-state index < -0.39 is 0 Å². The highest BCUT2D eigenvalue weighted by Crippen LogP contribution is 2.16. The first-order valence-electron chi connectivity index (χ1n) is 6.05. The number of hydrogen-bond acceptors (Lipinski definition) is 3.